The van der Waals surface area contributed by atoms with Crippen LogP contribution >= 0.6 is 0 Å². The van der Waals surface area contributed by atoms with Gasteiger partial charge in [-0.05, 0) is 19.2 Å². The number of likely N-dealkylation sites (N-methyl/N-ethyl adjacent to an activating group) is 1. The Hall–Kier alpha value is -2.67. The molecule has 0 radical (unpaired) electrons. The Morgan fingerprint density at radius 1 is 1.19 bits per heavy atom. The minimum atomic E-state index is -0.250. The number of carbonyl (C=O) groups excluding carboxylic acids is 1. The Balaban J connectivity index is 1.80. The summed E-state index contributed by atoms with van der Waals surface area (Å²) in [7, 11) is 1.86. The number of benzene rings is 1. The summed E-state index contributed by atoms with van der Waals surface area (Å²) in [6.07, 6.45) is 1.67. The molecular weight excluding hydrogens is 330 g/mol. The third-order valence-electron chi connectivity index (χ3n) is 4.85. The number of para-hydroxylation sites is 1. The summed E-state index contributed by atoms with van der Waals surface area (Å²) < 4.78 is 3.09. The van der Waals surface area contributed by atoms with Crippen molar-refractivity contribution < 1.29 is 4.79 Å². The van der Waals surface area contributed by atoms with Crippen molar-refractivity contribution in [3.05, 3.63) is 40.8 Å². The molecule has 0 bridgehead atoms. The Morgan fingerprint density at radius 2 is 1.92 bits per heavy atom. The van der Waals surface area contributed by atoms with Crippen molar-refractivity contribution in [2.75, 3.05) is 26.2 Å². The first-order valence-electron chi connectivity index (χ1n) is 8.99. The van der Waals surface area contributed by atoms with Gasteiger partial charge in [-0.1, -0.05) is 32.0 Å². The van der Waals surface area contributed by atoms with Crippen LogP contribution in [0.4, 0.5) is 0 Å². The average Bonchev–Trinajstić information content (AvgIpc) is 2.94. The van der Waals surface area contributed by atoms with Crippen LogP contribution in [0.15, 0.2) is 35.3 Å². The van der Waals surface area contributed by atoms with E-state index in [4.69, 9.17) is 0 Å². The van der Waals surface area contributed by atoms with E-state index >= 15 is 0 Å². The zero-order valence-corrected chi connectivity index (χ0v) is 15.5. The van der Waals surface area contributed by atoms with Gasteiger partial charge >= 0.3 is 0 Å². The van der Waals surface area contributed by atoms with Crippen molar-refractivity contribution in [3.8, 4) is 0 Å². The molecule has 0 aliphatic rings. The third-order valence-corrected chi connectivity index (χ3v) is 4.85. The lowest BCUT2D eigenvalue weighted by molar-refractivity contribution is -0.121. The molecule has 3 rings (SSSR count). The maximum atomic E-state index is 12.8. The predicted molar refractivity (Wildman–Crippen MR) is 103 cm³/mol. The van der Waals surface area contributed by atoms with Crippen LogP contribution in [-0.2, 0) is 18.4 Å². The van der Waals surface area contributed by atoms with Gasteiger partial charge in [0.2, 0.25) is 5.91 Å². The van der Waals surface area contributed by atoms with Crippen LogP contribution in [0.1, 0.15) is 13.8 Å². The van der Waals surface area contributed by atoms with E-state index in [1.165, 1.54) is 4.68 Å². The minimum Gasteiger partial charge on any atom is -0.353 e. The van der Waals surface area contributed by atoms with Crippen LogP contribution in [0.2, 0.25) is 0 Å². The maximum Gasteiger partial charge on any atom is 0.291 e. The fraction of sp³-hybridized carbons (Fsp3) is 0.421. The van der Waals surface area contributed by atoms with Gasteiger partial charge < -0.3 is 14.8 Å². The second-order valence-corrected chi connectivity index (χ2v) is 6.32. The first-order chi connectivity index (χ1) is 12.6. The Bertz CT molecular complexity index is 985. The number of nitrogens with zero attached hydrogens (tertiary/aromatic N) is 4. The quantitative estimate of drug-likeness (QED) is 0.694. The van der Waals surface area contributed by atoms with E-state index in [0.29, 0.717) is 12.1 Å². The molecular formula is C19H25N5O2. The lowest BCUT2D eigenvalue weighted by Crippen LogP contribution is -2.38. The molecule has 0 fully saturated rings. The van der Waals surface area contributed by atoms with Gasteiger partial charge in [-0.3, -0.25) is 9.59 Å². The van der Waals surface area contributed by atoms with Gasteiger partial charge in [-0.15, -0.1) is 0 Å². The average molecular weight is 355 g/mol. The molecule has 0 aliphatic heterocycles. The number of amides is 1. The normalized spacial score (nSPS) is 11.5. The van der Waals surface area contributed by atoms with E-state index in [1.54, 1.807) is 6.20 Å². The molecule has 138 valence electrons. The Morgan fingerprint density at radius 3 is 2.65 bits per heavy atom. The fourth-order valence-electron chi connectivity index (χ4n) is 3.31. The summed E-state index contributed by atoms with van der Waals surface area (Å²) in [5.74, 6) is -0.204. The van der Waals surface area contributed by atoms with Crippen molar-refractivity contribution in [1.29, 1.82) is 0 Å². The molecule has 0 saturated heterocycles. The number of rotatable bonds is 7. The monoisotopic (exact) mass is 355 g/mol. The first-order valence-corrected chi connectivity index (χ1v) is 8.99. The number of nitrogens with one attached hydrogen (secondary N) is 1. The molecule has 1 aromatic carbocycles. The van der Waals surface area contributed by atoms with Gasteiger partial charge in [0.15, 0.2) is 0 Å². The summed E-state index contributed by atoms with van der Waals surface area (Å²) in [6, 6.07) is 7.83. The molecule has 1 N–H and O–H groups in total. The second kappa shape index (κ2) is 7.70. The Kier molecular flexibility index (Phi) is 5.37. The highest BCUT2D eigenvalue weighted by Crippen LogP contribution is 2.24. The van der Waals surface area contributed by atoms with Crippen molar-refractivity contribution in [3.63, 3.8) is 0 Å². The first kappa shape index (κ1) is 18.1. The number of hydrogen-bond acceptors (Lipinski definition) is 4. The lowest BCUT2D eigenvalue weighted by Gasteiger charge is -2.17. The van der Waals surface area contributed by atoms with Crippen LogP contribution in [-0.4, -0.2) is 51.3 Å². The molecule has 0 aliphatic carbocycles. The molecule has 0 unspecified atom stereocenters. The van der Waals surface area contributed by atoms with E-state index < -0.39 is 0 Å². The molecule has 2 heterocycles. The Labute approximate surface area is 152 Å². The van der Waals surface area contributed by atoms with E-state index in [1.807, 2.05) is 35.9 Å². The molecule has 0 atom stereocenters. The van der Waals surface area contributed by atoms with Crippen LogP contribution in [0.5, 0.6) is 0 Å². The van der Waals surface area contributed by atoms with E-state index in [0.717, 1.165) is 35.9 Å². The van der Waals surface area contributed by atoms with Crippen molar-refractivity contribution >= 4 is 27.7 Å². The van der Waals surface area contributed by atoms with Crippen LogP contribution < -0.4 is 10.9 Å². The van der Waals surface area contributed by atoms with Crippen molar-refractivity contribution in [1.82, 2.24) is 24.6 Å². The minimum absolute atomic E-state index is 0.0749. The van der Waals surface area contributed by atoms with E-state index in [9.17, 15) is 9.59 Å². The topological polar surface area (TPSA) is 72.2 Å². The largest absolute Gasteiger partial charge is 0.353 e. The van der Waals surface area contributed by atoms with Crippen LogP contribution in [0.25, 0.3) is 21.8 Å². The van der Waals surface area contributed by atoms with Gasteiger partial charge in [-0.2, -0.15) is 5.10 Å². The van der Waals surface area contributed by atoms with Crippen LogP contribution in [0.3, 0.4) is 0 Å². The number of hydrogen-bond donors (Lipinski definition) is 1. The van der Waals surface area contributed by atoms with E-state index in [2.05, 4.69) is 29.2 Å². The maximum absolute atomic E-state index is 12.8. The SMILES string of the molecule is CCN(CC)CCNC(=O)Cn1ncc2c3ccccc3n(C)c2c1=O. The molecule has 2 aromatic heterocycles. The molecule has 26 heavy (non-hydrogen) atoms. The summed E-state index contributed by atoms with van der Waals surface area (Å²) in [5.41, 5.74) is 1.29. The molecule has 1 amide bonds. The predicted octanol–water partition coefficient (Wildman–Crippen LogP) is 1.35. The van der Waals surface area contributed by atoms with Gasteiger partial charge in [0, 0.05) is 36.4 Å². The molecule has 0 saturated carbocycles. The smallest absolute Gasteiger partial charge is 0.291 e. The molecule has 3 aromatic rings. The third kappa shape index (κ3) is 3.35. The number of carbonyl (C=O) groups is 1. The van der Waals surface area contributed by atoms with Gasteiger partial charge in [0.05, 0.1) is 6.20 Å². The number of aryl methyl sites for hydroxylation is 1. The molecule has 7 heteroatoms. The van der Waals surface area contributed by atoms with Crippen LogP contribution in [0, 0.1) is 0 Å². The fourth-order valence-corrected chi connectivity index (χ4v) is 3.31. The molecule has 7 nitrogen and oxygen atoms in total. The highest BCUT2D eigenvalue weighted by Gasteiger charge is 2.15. The highest BCUT2D eigenvalue weighted by atomic mass is 16.2. The number of aromatic nitrogens is 3. The van der Waals surface area contributed by atoms with E-state index in [-0.39, 0.29) is 18.0 Å². The zero-order chi connectivity index (χ0) is 18.7. The standard InChI is InChI=1S/C19H25N5O2/c1-4-23(5-2)11-10-20-17(25)13-24-19(26)18-15(12-21-24)14-8-6-7-9-16(14)22(18)3/h6-9,12H,4-5,10-11,13H2,1-3H3,(H,20,25). The summed E-state index contributed by atoms with van der Waals surface area (Å²) in [4.78, 5) is 27.2. The summed E-state index contributed by atoms with van der Waals surface area (Å²) >= 11 is 0. The number of fused-ring (bicyclic) bond motifs is 3. The highest BCUT2D eigenvalue weighted by molar-refractivity contribution is 6.07. The van der Waals surface area contributed by atoms with Gasteiger partial charge in [-0.25, -0.2) is 4.68 Å². The van der Waals surface area contributed by atoms with Gasteiger partial charge in [0.25, 0.3) is 5.56 Å². The van der Waals surface area contributed by atoms with Crippen molar-refractivity contribution in [2.24, 2.45) is 7.05 Å². The van der Waals surface area contributed by atoms with Crippen molar-refractivity contribution in [2.45, 2.75) is 20.4 Å². The summed E-state index contributed by atoms with van der Waals surface area (Å²) in [6.45, 7) is 7.36. The molecule has 0 spiro atoms. The zero-order valence-electron chi connectivity index (χ0n) is 15.5. The lowest BCUT2D eigenvalue weighted by atomic mass is 10.2. The summed E-state index contributed by atoms with van der Waals surface area (Å²) in [5, 5.41) is 8.87. The second-order valence-electron chi connectivity index (χ2n) is 6.32. The van der Waals surface area contributed by atoms with Gasteiger partial charge in [0.1, 0.15) is 12.1 Å².